The highest BCUT2D eigenvalue weighted by Crippen LogP contribution is 2.30. The Labute approximate surface area is 159 Å². The monoisotopic (exact) mass is 389 g/mol. The first-order valence-corrected chi connectivity index (χ1v) is 8.31. The van der Waals surface area contributed by atoms with Gasteiger partial charge in [0.05, 0.1) is 15.6 Å². The summed E-state index contributed by atoms with van der Waals surface area (Å²) in [5.74, 6) is -0.833. The predicted molar refractivity (Wildman–Crippen MR) is 98.1 cm³/mol. The Balaban J connectivity index is 1.81. The number of hydrogen-bond acceptors (Lipinski definition) is 4. The van der Waals surface area contributed by atoms with Crippen molar-refractivity contribution < 1.29 is 14.1 Å². The zero-order valence-electron chi connectivity index (χ0n) is 13.5. The van der Waals surface area contributed by atoms with Crippen LogP contribution in [0.1, 0.15) is 26.5 Å². The number of halogens is 2. The van der Waals surface area contributed by atoms with E-state index in [-0.39, 0.29) is 21.8 Å². The summed E-state index contributed by atoms with van der Waals surface area (Å²) in [6.45, 7) is 1.60. The van der Waals surface area contributed by atoms with Gasteiger partial charge in [0.1, 0.15) is 17.0 Å². The van der Waals surface area contributed by atoms with Crippen LogP contribution in [0, 0.1) is 6.92 Å². The molecule has 2 amide bonds. The van der Waals surface area contributed by atoms with Crippen LogP contribution in [0.3, 0.4) is 0 Å². The minimum Gasteiger partial charge on any atom is -0.360 e. The molecule has 0 saturated carbocycles. The van der Waals surface area contributed by atoms with E-state index in [0.717, 1.165) is 0 Å². The van der Waals surface area contributed by atoms with Crippen molar-refractivity contribution in [3.05, 3.63) is 75.5 Å². The third kappa shape index (κ3) is 3.56. The van der Waals surface area contributed by atoms with E-state index < -0.39 is 11.8 Å². The SMILES string of the molecule is Cc1onc(-c2ccccc2Cl)c1C(=O)NNC(=O)c1ccccc1Cl. The van der Waals surface area contributed by atoms with E-state index in [1.165, 1.54) is 0 Å². The molecule has 0 spiro atoms. The maximum atomic E-state index is 12.6. The number of carbonyl (C=O) groups excluding carboxylic acids is 2. The Hall–Kier alpha value is -2.83. The maximum Gasteiger partial charge on any atom is 0.275 e. The minimum absolute atomic E-state index is 0.178. The van der Waals surface area contributed by atoms with Gasteiger partial charge in [-0.2, -0.15) is 0 Å². The molecule has 8 heteroatoms. The molecule has 3 rings (SSSR count). The van der Waals surface area contributed by atoms with Crippen molar-refractivity contribution in [1.29, 1.82) is 0 Å². The number of hydrogen-bond donors (Lipinski definition) is 2. The van der Waals surface area contributed by atoms with Gasteiger partial charge >= 0.3 is 0 Å². The second-order valence-electron chi connectivity index (χ2n) is 5.33. The van der Waals surface area contributed by atoms with E-state index >= 15 is 0 Å². The molecule has 0 fully saturated rings. The number of rotatable bonds is 3. The molecule has 1 aromatic heterocycles. The summed E-state index contributed by atoms with van der Waals surface area (Å²) in [7, 11) is 0. The van der Waals surface area contributed by atoms with Gasteiger partial charge in [-0.1, -0.05) is 58.7 Å². The van der Waals surface area contributed by atoms with Gasteiger partial charge in [0, 0.05) is 5.56 Å². The molecular formula is C18H13Cl2N3O3. The summed E-state index contributed by atoms with van der Waals surface area (Å²) < 4.78 is 5.13. The van der Waals surface area contributed by atoms with Crippen LogP contribution in [0.2, 0.25) is 10.0 Å². The summed E-state index contributed by atoms with van der Waals surface area (Å²) >= 11 is 12.1. The van der Waals surface area contributed by atoms with E-state index in [1.807, 2.05) is 0 Å². The van der Waals surface area contributed by atoms with Gasteiger partial charge in [-0.25, -0.2) is 0 Å². The van der Waals surface area contributed by atoms with Crippen molar-refractivity contribution in [2.75, 3.05) is 0 Å². The molecule has 1 heterocycles. The van der Waals surface area contributed by atoms with Crippen LogP contribution in [-0.2, 0) is 0 Å². The van der Waals surface area contributed by atoms with Crippen LogP contribution in [-0.4, -0.2) is 17.0 Å². The molecule has 0 saturated heterocycles. The zero-order chi connectivity index (χ0) is 18.7. The number of nitrogens with one attached hydrogen (secondary N) is 2. The van der Waals surface area contributed by atoms with Gasteiger partial charge in [0.15, 0.2) is 0 Å². The second-order valence-corrected chi connectivity index (χ2v) is 6.14. The number of nitrogens with zero attached hydrogens (tertiary/aromatic N) is 1. The highest BCUT2D eigenvalue weighted by Gasteiger charge is 2.23. The quantitative estimate of drug-likeness (QED) is 0.662. The largest absolute Gasteiger partial charge is 0.360 e. The summed E-state index contributed by atoms with van der Waals surface area (Å²) in [6.07, 6.45) is 0. The molecule has 26 heavy (non-hydrogen) atoms. The van der Waals surface area contributed by atoms with Crippen LogP contribution < -0.4 is 10.9 Å². The Bertz CT molecular complexity index is 985. The Morgan fingerprint density at radius 2 is 1.54 bits per heavy atom. The average molecular weight is 390 g/mol. The number of amides is 2. The van der Waals surface area contributed by atoms with Crippen molar-refractivity contribution >= 4 is 35.0 Å². The van der Waals surface area contributed by atoms with E-state index in [4.69, 9.17) is 27.7 Å². The summed E-state index contributed by atoms with van der Waals surface area (Å²) in [5.41, 5.74) is 5.92. The molecule has 2 aromatic carbocycles. The Kier molecular flexibility index (Phi) is 5.25. The van der Waals surface area contributed by atoms with Crippen LogP contribution in [0.25, 0.3) is 11.3 Å². The first-order valence-electron chi connectivity index (χ1n) is 7.55. The van der Waals surface area contributed by atoms with E-state index in [2.05, 4.69) is 16.0 Å². The van der Waals surface area contributed by atoms with Crippen LogP contribution in [0.5, 0.6) is 0 Å². The van der Waals surface area contributed by atoms with E-state index in [0.29, 0.717) is 16.3 Å². The molecule has 0 aliphatic rings. The lowest BCUT2D eigenvalue weighted by molar-refractivity contribution is 0.0846. The summed E-state index contributed by atoms with van der Waals surface area (Å²) in [4.78, 5) is 24.7. The molecule has 0 unspecified atom stereocenters. The van der Waals surface area contributed by atoms with Gasteiger partial charge in [0.2, 0.25) is 0 Å². The Morgan fingerprint density at radius 3 is 2.23 bits per heavy atom. The lowest BCUT2D eigenvalue weighted by Gasteiger charge is -2.09. The number of benzene rings is 2. The third-order valence-corrected chi connectivity index (χ3v) is 4.29. The molecule has 0 aliphatic carbocycles. The van der Waals surface area contributed by atoms with Crippen LogP contribution in [0.15, 0.2) is 53.1 Å². The first-order chi connectivity index (χ1) is 12.5. The van der Waals surface area contributed by atoms with Crippen molar-refractivity contribution in [2.45, 2.75) is 6.92 Å². The maximum absolute atomic E-state index is 12.6. The van der Waals surface area contributed by atoms with Crippen LogP contribution >= 0.6 is 23.2 Å². The van der Waals surface area contributed by atoms with Gasteiger partial charge < -0.3 is 4.52 Å². The van der Waals surface area contributed by atoms with Gasteiger partial charge in [-0.15, -0.1) is 0 Å². The fraction of sp³-hybridized carbons (Fsp3) is 0.0556. The van der Waals surface area contributed by atoms with Gasteiger partial charge in [-0.3, -0.25) is 20.4 Å². The third-order valence-electron chi connectivity index (χ3n) is 3.63. The molecular weight excluding hydrogens is 377 g/mol. The van der Waals surface area contributed by atoms with E-state index in [1.54, 1.807) is 55.5 Å². The molecule has 0 bridgehead atoms. The van der Waals surface area contributed by atoms with Crippen molar-refractivity contribution in [3.63, 3.8) is 0 Å². The molecule has 6 nitrogen and oxygen atoms in total. The fourth-order valence-corrected chi connectivity index (χ4v) is 2.81. The molecule has 3 aromatic rings. The van der Waals surface area contributed by atoms with Gasteiger partial charge in [0.25, 0.3) is 11.8 Å². The lowest BCUT2D eigenvalue weighted by atomic mass is 10.1. The smallest absolute Gasteiger partial charge is 0.275 e. The average Bonchev–Trinajstić information content (AvgIpc) is 3.01. The minimum atomic E-state index is -0.584. The summed E-state index contributed by atoms with van der Waals surface area (Å²) in [5, 5.41) is 4.61. The molecule has 132 valence electrons. The topological polar surface area (TPSA) is 84.2 Å². The van der Waals surface area contributed by atoms with Crippen LogP contribution in [0.4, 0.5) is 0 Å². The molecule has 0 radical (unpaired) electrons. The zero-order valence-corrected chi connectivity index (χ0v) is 15.1. The standard InChI is InChI=1S/C18H13Cl2N3O3/c1-10-15(16(23-26-10)11-6-2-4-8-13(11)19)18(25)22-21-17(24)12-7-3-5-9-14(12)20/h2-9H,1H3,(H,21,24)(H,22,25). The number of hydrazine groups is 1. The number of carbonyl (C=O) groups is 2. The second kappa shape index (κ2) is 7.59. The molecule has 2 N–H and O–H groups in total. The number of aryl methyl sites for hydroxylation is 1. The Morgan fingerprint density at radius 1 is 0.923 bits per heavy atom. The molecule has 0 atom stereocenters. The first kappa shape index (κ1) is 18.0. The van der Waals surface area contributed by atoms with E-state index in [9.17, 15) is 9.59 Å². The van der Waals surface area contributed by atoms with Crippen molar-refractivity contribution in [1.82, 2.24) is 16.0 Å². The van der Waals surface area contributed by atoms with Crippen molar-refractivity contribution in [2.24, 2.45) is 0 Å². The summed E-state index contributed by atoms with van der Waals surface area (Å²) in [6, 6.07) is 13.4. The highest BCUT2D eigenvalue weighted by atomic mass is 35.5. The normalized spacial score (nSPS) is 10.4. The molecule has 0 aliphatic heterocycles. The highest BCUT2D eigenvalue weighted by molar-refractivity contribution is 6.34. The lowest BCUT2D eigenvalue weighted by Crippen LogP contribution is -2.42. The fourth-order valence-electron chi connectivity index (χ4n) is 2.37. The predicted octanol–water partition coefficient (Wildman–Crippen LogP) is 4.03. The van der Waals surface area contributed by atoms with Gasteiger partial charge in [-0.05, 0) is 25.1 Å². The van der Waals surface area contributed by atoms with Crippen molar-refractivity contribution in [3.8, 4) is 11.3 Å². The number of aromatic nitrogens is 1.